The Morgan fingerprint density at radius 2 is 1.95 bits per heavy atom. The van der Waals surface area contributed by atoms with Gasteiger partial charge in [0.2, 0.25) is 0 Å². The van der Waals surface area contributed by atoms with Gasteiger partial charge >= 0.3 is 0 Å². The number of halogens is 2. The lowest BCUT2D eigenvalue weighted by Crippen LogP contribution is -1.99. The van der Waals surface area contributed by atoms with E-state index in [-0.39, 0.29) is 0 Å². The highest BCUT2D eigenvalue weighted by Gasteiger charge is 2.06. The van der Waals surface area contributed by atoms with Crippen LogP contribution in [0.5, 0.6) is 0 Å². The highest BCUT2D eigenvalue weighted by atomic mass is 35.5. The van der Waals surface area contributed by atoms with Crippen LogP contribution in [0.25, 0.3) is 5.65 Å². The van der Waals surface area contributed by atoms with Gasteiger partial charge in [-0.3, -0.25) is 4.40 Å². The lowest BCUT2D eigenvalue weighted by atomic mass is 10.2. The minimum absolute atomic E-state index is 0.365. The molecule has 4 nitrogen and oxygen atoms in total. The minimum atomic E-state index is 0.365. The Morgan fingerprint density at radius 3 is 2.80 bits per heavy atom. The molecule has 102 valence electrons. The summed E-state index contributed by atoms with van der Waals surface area (Å²) in [5, 5.41) is 9.37. The molecule has 0 saturated carbocycles. The third kappa shape index (κ3) is 2.77. The molecule has 20 heavy (non-hydrogen) atoms. The quantitative estimate of drug-likeness (QED) is 0.737. The molecule has 0 amide bonds. The van der Waals surface area contributed by atoms with E-state index in [1.807, 2.05) is 34.9 Å². The molecular weight excluding hydrogens is 297 g/mol. The van der Waals surface area contributed by atoms with Gasteiger partial charge < -0.3 is 4.74 Å². The lowest BCUT2D eigenvalue weighted by molar-refractivity contribution is 0.101. The molecule has 3 aromatic rings. The van der Waals surface area contributed by atoms with Crippen molar-refractivity contribution in [2.24, 2.45) is 0 Å². The molecule has 0 fully saturated rings. The van der Waals surface area contributed by atoms with Gasteiger partial charge in [0.25, 0.3) is 0 Å². The van der Waals surface area contributed by atoms with Gasteiger partial charge in [-0.1, -0.05) is 35.3 Å². The third-order valence-electron chi connectivity index (χ3n) is 2.89. The Kier molecular flexibility index (Phi) is 3.87. The summed E-state index contributed by atoms with van der Waals surface area (Å²) in [5.74, 6) is 0.755. The topological polar surface area (TPSA) is 39.4 Å². The normalized spacial score (nSPS) is 11.1. The number of ether oxygens (including phenoxy) is 1. The molecular formula is C14H11Cl2N3O. The first-order valence-corrected chi connectivity index (χ1v) is 6.80. The zero-order chi connectivity index (χ0) is 13.9. The van der Waals surface area contributed by atoms with Crippen molar-refractivity contribution in [1.29, 1.82) is 0 Å². The number of rotatable bonds is 4. The Balaban J connectivity index is 1.68. The zero-order valence-electron chi connectivity index (χ0n) is 10.5. The van der Waals surface area contributed by atoms with Crippen molar-refractivity contribution < 1.29 is 4.74 Å². The first-order chi connectivity index (χ1) is 9.74. The third-order valence-corrected chi connectivity index (χ3v) is 3.48. The maximum absolute atomic E-state index is 6.09. The smallest absolute Gasteiger partial charge is 0.163 e. The van der Waals surface area contributed by atoms with Crippen LogP contribution in [0.4, 0.5) is 0 Å². The number of hydrogen-bond donors (Lipinski definition) is 0. The summed E-state index contributed by atoms with van der Waals surface area (Å²) in [5.41, 5.74) is 1.69. The van der Waals surface area contributed by atoms with Gasteiger partial charge in [-0.15, -0.1) is 10.2 Å². The summed E-state index contributed by atoms with van der Waals surface area (Å²) in [4.78, 5) is 0. The Bertz CT molecular complexity index is 742. The molecule has 3 rings (SSSR count). The molecule has 0 atom stereocenters. The number of pyridine rings is 1. The standard InChI is InChI=1S/C14H11Cl2N3O/c15-11-5-4-10(12(16)7-11)8-20-9-14-18-17-13-3-1-2-6-19(13)14/h1-7H,8-9H2. The van der Waals surface area contributed by atoms with Crippen LogP contribution in [-0.2, 0) is 18.0 Å². The highest BCUT2D eigenvalue weighted by Crippen LogP contribution is 2.21. The number of hydrogen-bond acceptors (Lipinski definition) is 3. The van der Waals surface area contributed by atoms with Crippen LogP contribution >= 0.6 is 23.2 Å². The average Bonchev–Trinajstić information content (AvgIpc) is 2.85. The second-order valence-electron chi connectivity index (χ2n) is 4.27. The summed E-state index contributed by atoms with van der Waals surface area (Å²) in [7, 11) is 0. The molecule has 0 aliphatic heterocycles. The van der Waals surface area contributed by atoms with Crippen LogP contribution in [0.2, 0.25) is 10.0 Å². The van der Waals surface area contributed by atoms with Crippen LogP contribution in [0, 0.1) is 0 Å². The van der Waals surface area contributed by atoms with Gasteiger partial charge in [-0.05, 0) is 29.8 Å². The van der Waals surface area contributed by atoms with E-state index in [0.717, 1.165) is 17.0 Å². The molecule has 0 aliphatic rings. The van der Waals surface area contributed by atoms with Crippen molar-refractivity contribution in [2.75, 3.05) is 0 Å². The van der Waals surface area contributed by atoms with E-state index in [0.29, 0.717) is 23.3 Å². The van der Waals surface area contributed by atoms with E-state index in [1.165, 1.54) is 0 Å². The van der Waals surface area contributed by atoms with E-state index < -0.39 is 0 Å². The first-order valence-electron chi connectivity index (χ1n) is 6.04. The van der Waals surface area contributed by atoms with Gasteiger partial charge in [0.1, 0.15) is 6.61 Å². The van der Waals surface area contributed by atoms with Crippen molar-refractivity contribution in [3.63, 3.8) is 0 Å². The number of nitrogens with zero attached hydrogens (tertiary/aromatic N) is 3. The van der Waals surface area contributed by atoms with E-state index in [1.54, 1.807) is 12.1 Å². The predicted molar refractivity (Wildman–Crippen MR) is 77.9 cm³/mol. The second-order valence-corrected chi connectivity index (χ2v) is 5.12. The predicted octanol–water partition coefficient (Wildman–Crippen LogP) is 3.75. The summed E-state index contributed by atoms with van der Waals surface area (Å²) in [6, 6.07) is 11.1. The lowest BCUT2D eigenvalue weighted by Gasteiger charge is -2.06. The Morgan fingerprint density at radius 1 is 1.05 bits per heavy atom. The molecule has 0 N–H and O–H groups in total. The fourth-order valence-corrected chi connectivity index (χ4v) is 2.34. The van der Waals surface area contributed by atoms with Crippen molar-refractivity contribution in [2.45, 2.75) is 13.2 Å². The van der Waals surface area contributed by atoms with Gasteiger partial charge in [0, 0.05) is 16.2 Å². The van der Waals surface area contributed by atoms with E-state index >= 15 is 0 Å². The van der Waals surface area contributed by atoms with Crippen LogP contribution in [0.1, 0.15) is 11.4 Å². The summed E-state index contributed by atoms with van der Waals surface area (Å²) in [6.45, 7) is 0.766. The highest BCUT2D eigenvalue weighted by molar-refractivity contribution is 6.35. The molecule has 6 heteroatoms. The number of benzene rings is 1. The average molecular weight is 308 g/mol. The second kappa shape index (κ2) is 5.79. The maximum Gasteiger partial charge on any atom is 0.163 e. The van der Waals surface area contributed by atoms with Crippen LogP contribution in [-0.4, -0.2) is 14.6 Å². The minimum Gasteiger partial charge on any atom is -0.369 e. The fourth-order valence-electron chi connectivity index (χ4n) is 1.88. The molecule has 0 radical (unpaired) electrons. The largest absolute Gasteiger partial charge is 0.369 e. The summed E-state index contributed by atoms with van der Waals surface area (Å²) >= 11 is 11.9. The number of aromatic nitrogens is 3. The Hall–Kier alpha value is -1.62. The van der Waals surface area contributed by atoms with Crippen LogP contribution in [0.15, 0.2) is 42.6 Å². The van der Waals surface area contributed by atoms with E-state index in [2.05, 4.69) is 10.2 Å². The van der Waals surface area contributed by atoms with Crippen molar-refractivity contribution >= 4 is 28.8 Å². The first kappa shape index (κ1) is 13.4. The molecule has 0 aliphatic carbocycles. The monoisotopic (exact) mass is 307 g/mol. The van der Waals surface area contributed by atoms with Crippen molar-refractivity contribution in [3.05, 3.63) is 64.0 Å². The summed E-state index contributed by atoms with van der Waals surface area (Å²) < 4.78 is 7.53. The molecule has 2 aromatic heterocycles. The molecule has 1 aromatic carbocycles. The zero-order valence-corrected chi connectivity index (χ0v) is 12.0. The van der Waals surface area contributed by atoms with Gasteiger partial charge in [-0.2, -0.15) is 0 Å². The fraction of sp³-hybridized carbons (Fsp3) is 0.143. The Labute approximate surface area is 125 Å². The van der Waals surface area contributed by atoms with E-state index in [9.17, 15) is 0 Å². The molecule has 0 saturated heterocycles. The van der Waals surface area contributed by atoms with E-state index in [4.69, 9.17) is 27.9 Å². The van der Waals surface area contributed by atoms with Crippen molar-refractivity contribution in [3.8, 4) is 0 Å². The summed E-state index contributed by atoms with van der Waals surface area (Å²) in [6.07, 6.45) is 1.91. The van der Waals surface area contributed by atoms with Gasteiger partial charge in [0.05, 0.1) is 6.61 Å². The molecule has 2 heterocycles. The van der Waals surface area contributed by atoms with Gasteiger partial charge in [-0.25, -0.2) is 0 Å². The maximum atomic E-state index is 6.09. The molecule has 0 spiro atoms. The molecule has 0 bridgehead atoms. The number of fused-ring (bicyclic) bond motifs is 1. The van der Waals surface area contributed by atoms with Crippen LogP contribution in [0.3, 0.4) is 0 Å². The van der Waals surface area contributed by atoms with Gasteiger partial charge in [0.15, 0.2) is 11.5 Å². The SMILES string of the molecule is Clc1ccc(COCc2nnc3ccccn23)c(Cl)c1. The van der Waals surface area contributed by atoms with Crippen LogP contribution < -0.4 is 0 Å². The molecule has 0 unspecified atom stereocenters. The van der Waals surface area contributed by atoms with Crippen molar-refractivity contribution in [1.82, 2.24) is 14.6 Å².